The van der Waals surface area contributed by atoms with E-state index in [9.17, 15) is 9.90 Å². The number of hydrogen-bond acceptors (Lipinski definition) is 9. The number of amides is 1. The molecule has 1 aliphatic rings. The summed E-state index contributed by atoms with van der Waals surface area (Å²) in [5.74, 6) is 1.60. The number of carbonyl (C=O) groups excluding carboxylic acids is 1. The first-order valence-corrected chi connectivity index (χ1v) is 11.2. The molecule has 0 spiro atoms. The van der Waals surface area contributed by atoms with Gasteiger partial charge in [0.2, 0.25) is 0 Å². The quantitative estimate of drug-likeness (QED) is 0.555. The van der Waals surface area contributed by atoms with Crippen LogP contribution in [-0.2, 0) is 4.74 Å². The van der Waals surface area contributed by atoms with Gasteiger partial charge in [-0.05, 0) is 32.9 Å². The van der Waals surface area contributed by atoms with Gasteiger partial charge in [0.15, 0.2) is 5.82 Å². The zero-order valence-corrected chi connectivity index (χ0v) is 20.3. The molecule has 34 heavy (non-hydrogen) atoms. The summed E-state index contributed by atoms with van der Waals surface area (Å²) < 4.78 is 11.1. The van der Waals surface area contributed by atoms with Gasteiger partial charge in [-0.1, -0.05) is 11.6 Å². The number of pyridine rings is 2. The van der Waals surface area contributed by atoms with Crippen molar-refractivity contribution >= 4 is 34.4 Å². The normalized spacial score (nSPS) is 16.6. The maximum Gasteiger partial charge on any atom is 0.410 e. The highest BCUT2D eigenvalue weighted by Gasteiger charge is 2.34. The topological polar surface area (TPSA) is 114 Å². The second kappa shape index (κ2) is 9.55. The molecule has 1 N–H and O–H groups in total. The zero-order valence-electron chi connectivity index (χ0n) is 19.5. The van der Waals surface area contributed by atoms with Crippen molar-refractivity contribution in [1.82, 2.24) is 24.8 Å². The lowest BCUT2D eigenvalue weighted by atomic mass is 10.1. The fourth-order valence-electron chi connectivity index (χ4n) is 3.85. The van der Waals surface area contributed by atoms with Crippen LogP contribution in [0.4, 0.5) is 10.6 Å². The minimum atomic E-state index is -0.627. The van der Waals surface area contributed by atoms with Crippen LogP contribution < -0.4 is 9.64 Å². The van der Waals surface area contributed by atoms with Gasteiger partial charge in [-0.25, -0.2) is 19.7 Å². The number of rotatable bonds is 4. The Hall–Kier alpha value is -3.24. The molecule has 180 valence electrons. The first-order valence-electron chi connectivity index (χ1n) is 10.9. The molecule has 11 heteroatoms. The van der Waals surface area contributed by atoms with Gasteiger partial charge in [0, 0.05) is 31.4 Å². The highest BCUT2D eigenvalue weighted by atomic mass is 35.5. The number of carbonyl (C=O) groups is 1. The van der Waals surface area contributed by atoms with Crippen molar-refractivity contribution in [2.45, 2.75) is 32.4 Å². The molecular formula is C23H27ClN6O4. The van der Waals surface area contributed by atoms with Gasteiger partial charge < -0.3 is 19.5 Å². The van der Waals surface area contributed by atoms with Gasteiger partial charge in [-0.15, -0.1) is 0 Å². The first-order chi connectivity index (χ1) is 16.2. The molecule has 1 saturated heterocycles. The molecule has 1 unspecified atom stereocenters. The van der Waals surface area contributed by atoms with Crippen LogP contribution in [0.3, 0.4) is 0 Å². The van der Waals surface area contributed by atoms with Gasteiger partial charge >= 0.3 is 6.09 Å². The van der Waals surface area contributed by atoms with Crippen LogP contribution in [0, 0.1) is 0 Å². The molecule has 3 aromatic rings. The lowest BCUT2D eigenvalue weighted by molar-refractivity contribution is 0.00701. The van der Waals surface area contributed by atoms with Crippen molar-refractivity contribution in [1.29, 1.82) is 0 Å². The zero-order chi connectivity index (χ0) is 24.5. The smallest absolute Gasteiger partial charge is 0.410 e. The lowest BCUT2D eigenvalue weighted by Gasteiger charge is -2.41. The summed E-state index contributed by atoms with van der Waals surface area (Å²) >= 11 is 6.09. The minimum Gasteiger partial charge on any atom is -0.494 e. The van der Waals surface area contributed by atoms with Crippen molar-refractivity contribution in [3.63, 3.8) is 0 Å². The van der Waals surface area contributed by atoms with Crippen LogP contribution in [0.2, 0.25) is 5.15 Å². The number of methoxy groups -OCH3 is 1. The van der Waals surface area contributed by atoms with E-state index in [1.165, 1.54) is 0 Å². The van der Waals surface area contributed by atoms with Gasteiger partial charge in [0.05, 0.1) is 43.1 Å². The summed E-state index contributed by atoms with van der Waals surface area (Å²) in [6.45, 7) is 6.41. The first kappa shape index (κ1) is 23.9. The average molecular weight is 487 g/mol. The Morgan fingerprint density at radius 3 is 2.74 bits per heavy atom. The van der Waals surface area contributed by atoms with E-state index in [1.54, 1.807) is 42.7 Å². The van der Waals surface area contributed by atoms with E-state index in [2.05, 4.69) is 15.0 Å². The number of nitrogens with zero attached hydrogens (tertiary/aromatic N) is 6. The standard InChI is InChI=1S/C23H27ClN6O4/c1-23(2,3)34-22(32)30-8-7-29(12-15(30)13-31)21-19-16(10-25-11-17(19)33-4)27-20(28-21)14-5-6-26-18(24)9-14/h5-6,9-11,15,31H,7-8,12-13H2,1-4H3. The molecule has 1 amide bonds. The number of fused-ring (bicyclic) bond motifs is 1. The van der Waals surface area contributed by atoms with Crippen LogP contribution in [0.25, 0.3) is 22.3 Å². The monoisotopic (exact) mass is 486 g/mol. The number of aliphatic hydroxyl groups excluding tert-OH is 1. The Morgan fingerprint density at radius 2 is 2.06 bits per heavy atom. The van der Waals surface area contributed by atoms with Gasteiger partial charge in [-0.3, -0.25) is 9.88 Å². The largest absolute Gasteiger partial charge is 0.494 e. The number of ether oxygens (including phenoxy) is 2. The fourth-order valence-corrected chi connectivity index (χ4v) is 4.03. The van der Waals surface area contributed by atoms with Gasteiger partial charge in [0.25, 0.3) is 0 Å². The Bertz CT molecular complexity index is 1200. The van der Waals surface area contributed by atoms with Crippen molar-refractivity contribution < 1.29 is 19.4 Å². The Balaban J connectivity index is 1.75. The van der Waals surface area contributed by atoms with Crippen molar-refractivity contribution in [3.8, 4) is 17.1 Å². The molecule has 10 nitrogen and oxygen atoms in total. The molecule has 4 heterocycles. The van der Waals surface area contributed by atoms with E-state index >= 15 is 0 Å². The third-order valence-corrected chi connectivity index (χ3v) is 5.59. The third kappa shape index (κ3) is 4.97. The second-order valence-electron chi connectivity index (χ2n) is 8.93. The number of piperazine rings is 1. The minimum absolute atomic E-state index is 0.218. The van der Waals surface area contributed by atoms with Crippen molar-refractivity contribution in [2.75, 3.05) is 38.3 Å². The molecular weight excluding hydrogens is 460 g/mol. The number of hydrogen-bond donors (Lipinski definition) is 1. The number of anilines is 1. The molecule has 0 aliphatic carbocycles. The van der Waals surface area contributed by atoms with Crippen molar-refractivity contribution in [2.24, 2.45) is 0 Å². The predicted octanol–water partition coefficient (Wildman–Crippen LogP) is 3.17. The summed E-state index contributed by atoms with van der Waals surface area (Å²) in [5, 5.41) is 11.1. The number of aromatic nitrogens is 4. The Morgan fingerprint density at radius 1 is 1.26 bits per heavy atom. The van der Waals surface area contributed by atoms with Crippen LogP contribution >= 0.6 is 11.6 Å². The van der Waals surface area contributed by atoms with Crippen LogP contribution in [0.1, 0.15) is 20.8 Å². The van der Waals surface area contributed by atoms with E-state index in [1.807, 2.05) is 25.7 Å². The maximum atomic E-state index is 12.7. The summed E-state index contributed by atoms with van der Waals surface area (Å²) in [6, 6.07) is 3.00. The highest BCUT2D eigenvalue weighted by molar-refractivity contribution is 6.29. The van der Waals surface area contributed by atoms with Crippen LogP contribution in [-0.4, -0.2) is 81.0 Å². The maximum absolute atomic E-state index is 12.7. The molecule has 1 aliphatic heterocycles. The number of aliphatic hydroxyl groups is 1. The van der Waals surface area contributed by atoms with Crippen molar-refractivity contribution in [3.05, 3.63) is 35.9 Å². The summed E-state index contributed by atoms with van der Waals surface area (Å²) in [5.41, 5.74) is 0.678. The average Bonchev–Trinajstić information content (AvgIpc) is 2.81. The summed E-state index contributed by atoms with van der Waals surface area (Å²) in [7, 11) is 1.56. The van der Waals surface area contributed by atoms with E-state index in [0.29, 0.717) is 58.6 Å². The van der Waals surface area contributed by atoms with Crippen LogP contribution in [0.15, 0.2) is 30.7 Å². The molecule has 0 saturated carbocycles. The van der Waals surface area contributed by atoms with Gasteiger partial charge in [0.1, 0.15) is 22.3 Å². The molecule has 0 radical (unpaired) electrons. The molecule has 4 rings (SSSR count). The fraction of sp³-hybridized carbons (Fsp3) is 0.435. The second-order valence-corrected chi connectivity index (χ2v) is 9.32. The van der Waals surface area contributed by atoms with E-state index < -0.39 is 17.7 Å². The Kier molecular flexibility index (Phi) is 6.72. The lowest BCUT2D eigenvalue weighted by Crippen LogP contribution is -2.57. The number of halogens is 1. The molecule has 3 aromatic heterocycles. The summed E-state index contributed by atoms with van der Waals surface area (Å²) in [6.07, 6.45) is 4.40. The van der Waals surface area contributed by atoms with E-state index in [0.717, 1.165) is 0 Å². The SMILES string of the molecule is COc1cncc2nc(-c3ccnc(Cl)c3)nc(N3CCN(C(=O)OC(C)(C)C)C(CO)C3)c12. The molecule has 0 bridgehead atoms. The summed E-state index contributed by atoms with van der Waals surface area (Å²) in [4.78, 5) is 34.1. The molecule has 0 aromatic carbocycles. The Labute approximate surface area is 202 Å². The molecule has 1 atom stereocenters. The predicted molar refractivity (Wildman–Crippen MR) is 128 cm³/mol. The van der Waals surface area contributed by atoms with E-state index in [-0.39, 0.29) is 6.61 Å². The van der Waals surface area contributed by atoms with E-state index in [4.69, 9.17) is 26.1 Å². The highest BCUT2D eigenvalue weighted by Crippen LogP contribution is 2.35. The van der Waals surface area contributed by atoms with Crippen LogP contribution in [0.5, 0.6) is 5.75 Å². The third-order valence-electron chi connectivity index (χ3n) is 5.38. The van der Waals surface area contributed by atoms with Gasteiger partial charge in [-0.2, -0.15) is 0 Å². The molecule has 1 fully saturated rings.